The molecule has 9 rings (SSSR count). The van der Waals surface area contributed by atoms with Crippen molar-refractivity contribution < 1.29 is 0 Å². The predicted octanol–water partition coefficient (Wildman–Crippen LogP) is -2.12. The van der Waals surface area contributed by atoms with Crippen molar-refractivity contribution in [3.63, 3.8) is 0 Å². The Morgan fingerprint density at radius 2 is 0.409 bits per heavy atom. The molecule has 66 heavy (non-hydrogen) atoms. The van der Waals surface area contributed by atoms with Gasteiger partial charge in [0.1, 0.15) is 78.5 Å². The summed E-state index contributed by atoms with van der Waals surface area (Å²) in [6, 6.07) is 66.5. The molecule has 9 aromatic rings. The number of hydrogen-bond acceptors (Lipinski definition) is 2. The van der Waals surface area contributed by atoms with Crippen molar-refractivity contribution in [3.8, 4) is 44.5 Å². The number of benzene rings is 9. The molecule has 0 spiro atoms. The summed E-state index contributed by atoms with van der Waals surface area (Å²) in [5.74, 6) is 0. The van der Waals surface area contributed by atoms with Crippen LogP contribution < -0.4 is 64.4 Å². The van der Waals surface area contributed by atoms with Crippen molar-refractivity contribution in [2.24, 2.45) is 0 Å². The van der Waals surface area contributed by atoms with Gasteiger partial charge in [0, 0.05) is 34.1 Å². The van der Waals surface area contributed by atoms with Crippen LogP contribution in [0.1, 0.15) is 0 Å². The van der Waals surface area contributed by atoms with Crippen LogP contribution in [-0.2, 0) is 0 Å². The minimum atomic E-state index is 1.13. The average molecular weight is 835 g/mol. The fourth-order valence-corrected chi connectivity index (χ4v) is 9.80. The minimum absolute atomic E-state index is 1.13. The van der Waals surface area contributed by atoms with Crippen LogP contribution >= 0.6 is 0 Å². The number of nitrogens with zero attached hydrogens (tertiary/aromatic N) is 2. The van der Waals surface area contributed by atoms with Gasteiger partial charge in [-0.25, -0.2) is 0 Å². The van der Waals surface area contributed by atoms with Crippen LogP contribution in [0.3, 0.4) is 0 Å². The van der Waals surface area contributed by atoms with Gasteiger partial charge in [-0.1, -0.05) is 171 Å². The average Bonchev–Trinajstić information content (AvgIpc) is 3.37. The lowest BCUT2D eigenvalue weighted by molar-refractivity contribution is 1.31. The Morgan fingerprint density at radius 1 is 0.197 bits per heavy atom. The third-order valence-electron chi connectivity index (χ3n) is 14.6. The van der Waals surface area contributed by atoms with Crippen molar-refractivity contribution in [2.45, 2.75) is 0 Å². The second kappa shape index (κ2) is 18.6. The monoisotopic (exact) mass is 836 g/mol. The molecule has 306 valence electrons. The molecule has 0 heterocycles. The van der Waals surface area contributed by atoms with Crippen LogP contribution in [-0.4, -0.2) is 78.5 Å². The van der Waals surface area contributed by atoms with Crippen LogP contribution in [0.5, 0.6) is 0 Å². The van der Waals surface area contributed by atoms with E-state index in [9.17, 15) is 0 Å². The van der Waals surface area contributed by atoms with Crippen LogP contribution in [0.2, 0.25) is 0 Å². The van der Waals surface area contributed by atoms with E-state index >= 15 is 0 Å². The maximum Gasteiger partial charge on any atom is 0.141 e. The normalized spacial score (nSPS) is 11.0. The summed E-state index contributed by atoms with van der Waals surface area (Å²) in [4.78, 5) is 4.90. The SMILES string of the molecule is Bc1c(B)c(B)c(N(c2ccc(-c3ccccc3)cc2)c2ccc(-c3cccc(-c4ccc(N(c5ccc(-c6ccccc6)cc5)c5c(B)c(B)c(B)c(B)c5B)cc4)c3)cc2)c(B)c1B. The van der Waals surface area contributed by atoms with E-state index in [0.29, 0.717) is 0 Å². The lowest BCUT2D eigenvalue weighted by atomic mass is 9.61. The summed E-state index contributed by atoms with van der Waals surface area (Å²) in [6.07, 6.45) is 0. The van der Waals surface area contributed by atoms with E-state index in [1.165, 1.54) is 111 Å². The first-order valence-corrected chi connectivity index (χ1v) is 23.3. The first-order valence-electron chi connectivity index (χ1n) is 23.3. The molecule has 0 aliphatic carbocycles. The molecule has 12 heteroatoms. The zero-order chi connectivity index (χ0) is 46.2. The summed E-state index contributed by atoms with van der Waals surface area (Å²) in [7, 11) is 22.6. The lowest BCUT2D eigenvalue weighted by Gasteiger charge is -2.32. The van der Waals surface area contributed by atoms with Crippen LogP contribution in [0.15, 0.2) is 182 Å². The Morgan fingerprint density at radius 3 is 0.682 bits per heavy atom. The van der Waals surface area contributed by atoms with E-state index in [-0.39, 0.29) is 0 Å². The first kappa shape index (κ1) is 44.4. The molecule has 0 saturated heterocycles. The minimum Gasteiger partial charge on any atom is -0.312 e. The summed E-state index contributed by atoms with van der Waals surface area (Å²) in [6.45, 7) is 0. The van der Waals surface area contributed by atoms with E-state index in [1.807, 2.05) is 0 Å². The lowest BCUT2D eigenvalue weighted by Crippen LogP contribution is -2.56. The summed E-state index contributed by atoms with van der Waals surface area (Å²) < 4.78 is 0. The largest absolute Gasteiger partial charge is 0.312 e. The van der Waals surface area contributed by atoms with Crippen molar-refractivity contribution in [1.29, 1.82) is 0 Å². The molecule has 0 amide bonds. The molecule has 0 fully saturated rings. The number of anilines is 6. The Labute approximate surface area is 401 Å². The first-order chi connectivity index (χ1) is 31.9. The van der Waals surface area contributed by atoms with Crippen molar-refractivity contribution in [1.82, 2.24) is 0 Å². The second-order valence-electron chi connectivity index (χ2n) is 18.1. The maximum absolute atomic E-state index is 2.45. The van der Waals surface area contributed by atoms with Gasteiger partial charge in [-0.2, -0.15) is 0 Å². The predicted molar refractivity (Wildman–Crippen MR) is 319 cm³/mol. The zero-order valence-corrected chi connectivity index (χ0v) is 40.2. The molecule has 0 aliphatic heterocycles. The van der Waals surface area contributed by atoms with Gasteiger partial charge in [0.05, 0.1) is 0 Å². The highest BCUT2D eigenvalue weighted by atomic mass is 15.2. The van der Waals surface area contributed by atoms with Gasteiger partial charge >= 0.3 is 0 Å². The van der Waals surface area contributed by atoms with Gasteiger partial charge in [-0.15, -0.1) is 10.9 Å². The van der Waals surface area contributed by atoms with E-state index in [0.717, 1.165) is 22.7 Å². The maximum atomic E-state index is 2.45. The number of hydrogen-bond donors (Lipinski definition) is 0. The van der Waals surface area contributed by atoms with Crippen LogP contribution in [0, 0.1) is 0 Å². The van der Waals surface area contributed by atoms with E-state index in [4.69, 9.17) is 0 Å². The van der Waals surface area contributed by atoms with Gasteiger partial charge in [0.15, 0.2) is 0 Å². The zero-order valence-electron chi connectivity index (χ0n) is 40.2. The van der Waals surface area contributed by atoms with E-state index in [2.05, 4.69) is 270 Å². The Bertz CT molecular complexity index is 2950. The summed E-state index contributed by atoms with van der Waals surface area (Å²) >= 11 is 0. The van der Waals surface area contributed by atoms with Gasteiger partial charge in [0.2, 0.25) is 0 Å². The molecule has 0 saturated carbocycles. The topological polar surface area (TPSA) is 6.48 Å². The van der Waals surface area contributed by atoms with Gasteiger partial charge in [-0.05, 0) is 99.1 Å². The van der Waals surface area contributed by atoms with Crippen LogP contribution in [0.4, 0.5) is 34.1 Å². The van der Waals surface area contributed by atoms with E-state index in [1.54, 1.807) is 0 Å². The molecule has 0 unspecified atom stereocenters. The fourth-order valence-electron chi connectivity index (χ4n) is 9.80. The van der Waals surface area contributed by atoms with Crippen molar-refractivity contribution in [3.05, 3.63) is 182 Å². The third kappa shape index (κ3) is 8.35. The fraction of sp³-hybridized carbons (Fsp3) is 0. The highest BCUT2D eigenvalue weighted by Crippen LogP contribution is 2.38. The smallest absolute Gasteiger partial charge is 0.141 e. The van der Waals surface area contributed by atoms with Crippen LogP contribution in [0.25, 0.3) is 44.5 Å². The molecule has 0 atom stereocenters. The molecule has 2 nitrogen and oxygen atoms in total. The van der Waals surface area contributed by atoms with Gasteiger partial charge in [0.25, 0.3) is 0 Å². The Kier molecular flexibility index (Phi) is 12.5. The highest BCUT2D eigenvalue weighted by molar-refractivity contribution is 6.70. The molecule has 9 aromatic carbocycles. The summed E-state index contributed by atoms with van der Waals surface area (Å²) in [5.41, 5.74) is 30.0. The Hall–Kier alpha value is -6.77. The molecular weight excluding hydrogens is 785 g/mol. The molecular formula is C54H50B10N2. The molecule has 0 aromatic heterocycles. The molecule has 0 radical (unpaired) electrons. The summed E-state index contributed by atoms with van der Waals surface area (Å²) in [5, 5.41) is 0. The highest BCUT2D eigenvalue weighted by Gasteiger charge is 2.23. The standard InChI is InChI=1S/C54H50B10N2/c55-43-45(57)49(61)53(50(62)46(43)58)65(39-22-14-33(15-23-39)31-8-3-1-4-9-31)41-26-18-35(19-27-41)37-12-7-13-38(30-37)36-20-28-42(29-21-36)66(54-51(63)47(59)44(56)48(60)52(54)64)40-24-16-34(17-25-40)32-10-5-2-6-11-32/h1-30H,55-64H2. The van der Waals surface area contributed by atoms with Crippen molar-refractivity contribution in [2.75, 3.05) is 9.80 Å². The van der Waals surface area contributed by atoms with Gasteiger partial charge < -0.3 is 9.80 Å². The van der Waals surface area contributed by atoms with Crippen molar-refractivity contribution >= 4 is 167 Å². The quantitative estimate of drug-likeness (QED) is 0.146. The second-order valence-corrected chi connectivity index (χ2v) is 18.1. The third-order valence-corrected chi connectivity index (χ3v) is 14.6. The van der Waals surface area contributed by atoms with Gasteiger partial charge in [-0.3, -0.25) is 0 Å². The Balaban J connectivity index is 1.05. The molecule has 0 N–H and O–H groups in total. The number of rotatable bonds is 10. The van der Waals surface area contributed by atoms with E-state index < -0.39 is 0 Å². The molecule has 0 aliphatic rings. The molecule has 0 bridgehead atoms.